The monoisotopic (exact) mass is 274 g/mol. The molecular formula is C14H15FN4O. The number of halogens is 1. The van der Waals surface area contributed by atoms with Gasteiger partial charge in [-0.25, -0.2) is 14.2 Å². The van der Waals surface area contributed by atoms with E-state index in [1.54, 1.807) is 19.0 Å². The smallest absolute Gasteiger partial charge is 0.350 e. The predicted octanol–water partition coefficient (Wildman–Crippen LogP) is 1.65. The van der Waals surface area contributed by atoms with E-state index in [0.717, 1.165) is 11.8 Å². The standard InChI is InChI=1S/C14H15FN4O/c1-18(2)10-16-13-12(15)9-19(14(20)17-13)8-11-6-4-3-5-7-11/h3-7,9-10H,8H2,1-2H3. The molecule has 0 unspecified atom stereocenters. The van der Waals surface area contributed by atoms with Crippen molar-refractivity contribution in [1.29, 1.82) is 0 Å². The maximum atomic E-state index is 13.8. The average Bonchev–Trinajstić information content (AvgIpc) is 2.42. The number of aliphatic imine (C=N–C) groups is 1. The normalized spacial score (nSPS) is 10.9. The van der Waals surface area contributed by atoms with Crippen LogP contribution in [-0.2, 0) is 6.54 Å². The van der Waals surface area contributed by atoms with Gasteiger partial charge in [-0.1, -0.05) is 30.3 Å². The van der Waals surface area contributed by atoms with Gasteiger partial charge >= 0.3 is 5.69 Å². The number of benzene rings is 1. The van der Waals surface area contributed by atoms with E-state index in [1.165, 1.54) is 10.9 Å². The van der Waals surface area contributed by atoms with Crippen LogP contribution in [0.1, 0.15) is 5.56 Å². The van der Waals surface area contributed by atoms with Crippen molar-refractivity contribution in [3.63, 3.8) is 0 Å². The zero-order valence-corrected chi connectivity index (χ0v) is 11.3. The molecule has 0 radical (unpaired) electrons. The van der Waals surface area contributed by atoms with Gasteiger partial charge in [0.1, 0.15) is 0 Å². The van der Waals surface area contributed by atoms with Crippen LogP contribution in [0, 0.1) is 5.82 Å². The fraction of sp³-hybridized carbons (Fsp3) is 0.214. The molecule has 0 fully saturated rings. The highest BCUT2D eigenvalue weighted by Crippen LogP contribution is 2.11. The van der Waals surface area contributed by atoms with Gasteiger partial charge in [-0.2, -0.15) is 4.98 Å². The number of rotatable bonds is 4. The third-order valence-electron chi connectivity index (χ3n) is 2.54. The number of hydrogen-bond donors (Lipinski definition) is 0. The molecule has 6 heteroatoms. The summed E-state index contributed by atoms with van der Waals surface area (Å²) < 4.78 is 15.1. The van der Waals surface area contributed by atoms with Crippen molar-refractivity contribution >= 4 is 12.2 Å². The maximum Gasteiger partial charge on any atom is 0.350 e. The molecule has 20 heavy (non-hydrogen) atoms. The summed E-state index contributed by atoms with van der Waals surface area (Å²) in [5.41, 5.74) is 0.376. The molecule has 0 bridgehead atoms. The van der Waals surface area contributed by atoms with Crippen molar-refractivity contribution in [3.05, 3.63) is 58.4 Å². The third-order valence-corrected chi connectivity index (χ3v) is 2.54. The Kier molecular flexibility index (Phi) is 4.24. The lowest BCUT2D eigenvalue weighted by atomic mass is 10.2. The summed E-state index contributed by atoms with van der Waals surface area (Å²) in [6, 6.07) is 9.33. The molecule has 0 aliphatic heterocycles. The lowest BCUT2D eigenvalue weighted by Crippen LogP contribution is -2.23. The number of nitrogens with zero attached hydrogens (tertiary/aromatic N) is 4. The second-order valence-corrected chi connectivity index (χ2v) is 4.52. The van der Waals surface area contributed by atoms with Crippen molar-refractivity contribution in [3.8, 4) is 0 Å². The van der Waals surface area contributed by atoms with E-state index in [2.05, 4.69) is 9.98 Å². The van der Waals surface area contributed by atoms with Crippen LogP contribution in [0.3, 0.4) is 0 Å². The molecule has 1 aromatic heterocycles. The molecule has 0 N–H and O–H groups in total. The van der Waals surface area contributed by atoms with Crippen LogP contribution < -0.4 is 5.69 Å². The van der Waals surface area contributed by atoms with Crippen LogP contribution in [0.25, 0.3) is 0 Å². The Morgan fingerprint density at radius 2 is 2.05 bits per heavy atom. The van der Waals surface area contributed by atoms with Crippen LogP contribution in [0.2, 0.25) is 0 Å². The molecular weight excluding hydrogens is 259 g/mol. The van der Waals surface area contributed by atoms with E-state index < -0.39 is 11.5 Å². The zero-order valence-electron chi connectivity index (χ0n) is 11.3. The Morgan fingerprint density at radius 1 is 1.35 bits per heavy atom. The molecule has 104 valence electrons. The van der Waals surface area contributed by atoms with E-state index in [1.807, 2.05) is 30.3 Å². The first-order valence-corrected chi connectivity index (χ1v) is 6.08. The molecule has 2 aromatic rings. The highest BCUT2D eigenvalue weighted by atomic mass is 19.1. The molecule has 0 aliphatic carbocycles. The molecule has 0 saturated carbocycles. The van der Waals surface area contributed by atoms with Crippen molar-refractivity contribution in [1.82, 2.24) is 14.5 Å². The van der Waals surface area contributed by atoms with Crippen molar-refractivity contribution in [2.24, 2.45) is 4.99 Å². The fourth-order valence-corrected chi connectivity index (χ4v) is 1.61. The largest absolute Gasteiger partial charge is 0.369 e. The average molecular weight is 274 g/mol. The Bertz CT molecular complexity index is 665. The summed E-state index contributed by atoms with van der Waals surface area (Å²) in [6.45, 7) is 0.279. The van der Waals surface area contributed by atoms with E-state index >= 15 is 0 Å². The van der Waals surface area contributed by atoms with Gasteiger partial charge in [0.25, 0.3) is 0 Å². The van der Waals surface area contributed by atoms with Crippen LogP contribution in [0.4, 0.5) is 10.2 Å². The summed E-state index contributed by atoms with van der Waals surface area (Å²) in [4.78, 5) is 20.9. The SMILES string of the molecule is CN(C)C=Nc1nc(=O)n(Cc2ccccc2)cc1F. The number of aromatic nitrogens is 2. The van der Waals surface area contributed by atoms with Gasteiger partial charge in [-0.05, 0) is 5.56 Å². The van der Waals surface area contributed by atoms with E-state index in [4.69, 9.17) is 0 Å². The Hall–Kier alpha value is -2.50. The minimum atomic E-state index is -0.626. The van der Waals surface area contributed by atoms with Crippen molar-refractivity contribution < 1.29 is 4.39 Å². The summed E-state index contributed by atoms with van der Waals surface area (Å²) in [5.74, 6) is -0.827. The van der Waals surface area contributed by atoms with Gasteiger partial charge in [-0.15, -0.1) is 0 Å². The van der Waals surface area contributed by atoms with E-state index in [0.29, 0.717) is 0 Å². The minimum Gasteiger partial charge on any atom is -0.369 e. The van der Waals surface area contributed by atoms with Crippen LogP contribution in [0.5, 0.6) is 0 Å². The van der Waals surface area contributed by atoms with E-state index in [9.17, 15) is 9.18 Å². The quantitative estimate of drug-likeness (QED) is 0.629. The Labute approximate surface area is 116 Å². The molecule has 5 nitrogen and oxygen atoms in total. The molecule has 0 saturated heterocycles. The Balaban J connectivity index is 2.29. The highest BCUT2D eigenvalue weighted by molar-refractivity contribution is 5.58. The number of hydrogen-bond acceptors (Lipinski definition) is 3. The van der Waals surface area contributed by atoms with Crippen LogP contribution >= 0.6 is 0 Å². The fourth-order valence-electron chi connectivity index (χ4n) is 1.61. The summed E-state index contributed by atoms with van der Waals surface area (Å²) in [7, 11) is 3.50. The van der Waals surface area contributed by atoms with Gasteiger partial charge in [0.2, 0.25) is 0 Å². The molecule has 0 amide bonds. The van der Waals surface area contributed by atoms with Crippen molar-refractivity contribution in [2.45, 2.75) is 6.54 Å². The Morgan fingerprint density at radius 3 is 2.70 bits per heavy atom. The van der Waals surface area contributed by atoms with Crippen molar-refractivity contribution in [2.75, 3.05) is 14.1 Å². The molecule has 1 aromatic carbocycles. The summed E-state index contributed by atoms with van der Waals surface area (Å²) in [5, 5.41) is 0. The molecule has 0 spiro atoms. The van der Waals surface area contributed by atoms with Gasteiger partial charge in [-0.3, -0.25) is 4.57 Å². The van der Waals surface area contributed by atoms with Crippen LogP contribution in [0.15, 0.2) is 46.3 Å². The first-order valence-electron chi connectivity index (χ1n) is 6.08. The summed E-state index contributed by atoms with van der Waals surface area (Å²) in [6.07, 6.45) is 2.52. The summed E-state index contributed by atoms with van der Waals surface area (Å²) >= 11 is 0. The molecule has 0 atom stereocenters. The first kappa shape index (κ1) is 13.9. The van der Waals surface area contributed by atoms with Gasteiger partial charge < -0.3 is 4.90 Å². The van der Waals surface area contributed by atoms with Gasteiger partial charge in [0.15, 0.2) is 11.6 Å². The molecule has 1 heterocycles. The van der Waals surface area contributed by atoms with Gasteiger partial charge in [0.05, 0.1) is 12.9 Å². The predicted molar refractivity (Wildman–Crippen MR) is 75.8 cm³/mol. The lowest BCUT2D eigenvalue weighted by Gasteiger charge is -2.06. The lowest BCUT2D eigenvalue weighted by molar-refractivity contribution is 0.581. The maximum absolute atomic E-state index is 13.8. The van der Waals surface area contributed by atoms with E-state index in [-0.39, 0.29) is 12.4 Å². The minimum absolute atomic E-state index is 0.201. The van der Waals surface area contributed by atoms with Crippen LogP contribution in [-0.4, -0.2) is 34.9 Å². The molecule has 2 rings (SSSR count). The second kappa shape index (κ2) is 6.10. The van der Waals surface area contributed by atoms with Gasteiger partial charge in [0, 0.05) is 20.3 Å². The topological polar surface area (TPSA) is 50.5 Å². The zero-order chi connectivity index (χ0) is 14.5. The first-order chi connectivity index (χ1) is 9.56. The third kappa shape index (κ3) is 3.50. The molecule has 0 aliphatic rings. The highest BCUT2D eigenvalue weighted by Gasteiger charge is 2.07. The second-order valence-electron chi connectivity index (χ2n) is 4.52.